The zero-order valence-corrected chi connectivity index (χ0v) is 13.6. The summed E-state index contributed by atoms with van der Waals surface area (Å²) in [6.45, 7) is 2.05. The first-order valence-electron chi connectivity index (χ1n) is 6.50. The fourth-order valence-corrected chi connectivity index (χ4v) is 2.94. The van der Waals surface area contributed by atoms with Crippen LogP contribution in [-0.2, 0) is 0 Å². The van der Waals surface area contributed by atoms with Crippen LogP contribution < -0.4 is 9.47 Å². The molecule has 108 valence electrons. The molecule has 21 heavy (non-hydrogen) atoms. The number of H-pyrrole nitrogens is 1. The third-order valence-corrected chi connectivity index (χ3v) is 3.86. The van der Waals surface area contributed by atoms with Crippen LogP contribution in [0.3, 0.4) is 0 Å². The summed E-state index contributed by atoms with van der Waals surface area (Å²) >= 11 is 3.51. The van der Waals surface area contributed by atoms with Crippen molar-refractivity contribution in [1.82, 2.24) is 9.97 Å². The Hall–Kier alpha value is -2.01. The summed E-state index contributed by atoms with van der Waals surface area (Å²) in [5.74, 6) is 2.21. The van der Waals surface area contributed by atoms with Crippen LogP contribution in [0.5, 0.6) is 11.5 Å². The molecule has 0 unspecified atom stereocenters. The Bertz CT molecular complexity index is 811. The Morgan fingerprint density at radius 1 is 1.05 bits per heavy atom. The first-order valence-corrected chi connectivity index (χ1v) is 7.30. The van der Waals surface area contributed by atoms with Gasteiger partial charge < -0.3 is 14.5 Å². The van der Waals surface area contributed by atoms with Gasteiger partial charge in [0.15, 0.2) is 11.5 Å². The van der Waals surface area contributed by atoms with Crippen LogP contribution in [0.15, 0.2) is 34.8 Å². The minimum Gasteiger partial charge on any atom is -0.493 e. The van der Waals surface area contributed by atoms with Crippen molar-refractivity contribution in [2.24, 2.45) is 0 Å². The summed E-state index contributed by atoms with van der Waals surface area (Å²) in [5.41, 5.74) is 4.07. The molecule has 0 radical (unpaired) electrons. The highest BCUT2D eigenvalue weighted by Gasteiger charge is 2.11. The van der Waals surface area contributed by atoms with Gasteiger partial charge in [-0.25, -0.2) is 4.98 Å². The summed E-state index contributed by atoms with van der Waals surface area (Å²) in [4.78, 5) is 8.03. The Kier molecular flexibility index (Phi) is 3.59. The average Bonchev–Trinajstić information content (AvgIpc) is 2.90. The summed E-state index contributed by atoms with van der Waals surface area (Å²) in [6, 6.07) is 9.84. The van der Waals surface area contributed by atoms with Gasteiger partial charge >= 0.3 is 0 Å². The highest BCUT2D eigenvalue weighted by molar-refractivity contribution is 9.10. The molecule has 2 aromatic carbocycles. The lowest BCUT2D eigenvalue weighted by molar-refractivity contribution is 0.355. The summed E-state index contributed by atoms with van der Waals surface area (Å²) in [6.07, 6.45) is 0. The summed E-state index contributed by atoms with van der Waals surface area (Å²) < 4.78 is 11.6. The number of ether oxygens (including phenoxy) is 2. The van der Waals surface area contributed by atoms with Crippen LogP contribution >= 0.6 is 15.9 Å². The molecule has 0 aliphatic carbocycles. The third-order valence-electron chi connectivity index (χ3n) is 3.40. The van der Waals surface area contributed by atoms with Crippen LogP contribution in [0.25, 0.3) is 22.4 Å². The molecule has 1 heterocycles. The second-order valence-corrected chi connectivity index (χ2v) is 5.69. The van der Waals surface area contributed by atoms with E-state index in [1.807, 2.05) is 31.2 Å². The molecule has 0 saturated carbocycles. The molecule has 1 aromatic heterocycles. The van der Waals surface area contributed by atoms with Gasteiger partial charge in [-0.3, -0.25) is 0 Å². The van der Waals surface area contributed by atoms with Gasteiger partial charge in [-0.15, -0.1) is 0 Å². The minimum absolute atomic E-state index is 0.688. The fraction of sp³-hybridized carbons (Fsp3) is 0.188. The number of nitrogens with zero attached hydrogens (tertiary/aromatic N) is 1. The van der Waals surface area contributed by atoms with Crippen molar-refractivity contribution in [2.75, 3.05) is 14.2 Å². The first-order chi connectivity index (χ1) is 10.1. The van der Waals surface area contributed by atoms with Crippen LogP contribution in [0, 0.1) is 6.92 Å². The predicted octanol–water partition coefficient (Wildman–Crippen LogP) is 4.32. The van der Waals surface area contributed by atoms with E-state index >= 15 is 0 Å². The van der Waals surface area contributed by atoms with Crippen molar-refractivity contribution >= 4 is 27.0 Å². The number of halogens is 1. The highest BCUT2D eigenvalue weighted by Crippen LogP contribution is 2.32. The molecule has 0 aliphatic heterocycles. The number of hydrogen-bond acceptors (Lipinski definition) is 3. The molecule has 4 nitrogen and oxygen atoms in total. The number of nitrogens with one attached hydrogen (secondary N) is 1. The van der Waals surface area contributed by atoms with E-state index in [9.17, 15) is 0 Å². The first kappa shape index (κ1) is 13.9. The largest absolute Gasteiger partial charge is 0.493 e. The maximum absolute atomic E-state index is 5.34. The number of hydrogen-bond donors (Lipinski definition) is 1. The zero-order valence-electron chi connectivity index (χ0n) is 12.0. The summed E-state index contributed by atoms with van der Waals surface area (Å²) in [7, 11) is 3.25. The van der Waals surface area contributed by atoms with Gasteiger partial charge in [0.1, 0.15) is 5.82 Å². The van der Waals surface area contributed by atoms with Gasteiger partial charge in [-0.2, -0.15) is 0 Å². The molecule has 0 atom stereocenters. The van der Waals surface area contributed by atoms with E-state index < -0.39 is 0 Å². The SMILES string of the molecule is COc1ccc(-c2nc3c(C)cc(Br)cc3[nH]2)cc1OC. The van der Waals surface area contributed by atoms with E-state index in [-0.39, 0.29) is 0 Å². The Labute approximate surface area is 131 Å². The second-order valence-electron chi connectivity index (χ2n) is 4.77. The van der Waals surface area contributed by atoms with E-state index in [1.165, 1.54) is 0 Å². The number of benzene rings is 2. The normalized spacial score (nSPS) is 10.9. The van der Waals surface area contributed by atoms with Crippen LogP contribution in [0.4, 0.5) is 0 Å². The number of fused-ring (bicyclic) bond motifs is 1. The Morgan fingerprint density at radius 3 is 2.52 bits per heavy atom. The van der Waals surface area contributed by atoms with Crippen LogP contribution in [0.1, 0.15) is 5.56 Å². The number of rotatable bonds is 3. The number of methoxy groups -OCH3 is 2. The molecule has 5 heteroatoms. The van der Waals surface area contributed by atoms with Crippen molar-refractivity contribution in [3.05, 3.63) is 40.4 Å². The van der Waals surface area contributed by atoms with Gasteiger partial charge in [0.05, 0.1) is 25.3 Å². The maximum Gasteiger partial charge on any atom is 0.161 e. The van der Waals surface area contributed by atoms with Crippen molar-refractivity contribution in [2.45, 2.75) is 6.92 Å². The summed E-state index contributed by atoms with van der Waals surface area (Å²) in [5, 5.41) is 0. The highest BCUT2D eigenvalue weighted by atomic mass is 79.9. The Balaban J connectivity index is 2.14. The lowest BCUT2D eigenvalue weighted by Crippen LogP contribution is -1.91. The average molecular weight is 347 g/mol. The molecule has 0 bridgehead atoms. The lowest BCUT2D eigenvalue weighted by Gasteiger charge is -2.08. The molecule has 0 saturated heterocycles. The molecule has 0 aliphatic rings. The van der Waals surface area contributed by atoms with Crippen LogP contribution in [0.2, 0.25) is 0 Å². The van der Waals surface area contributed by atoms with E-state index in [4.69, 9.17) is 9.47 Å². The van der Waals surface area contributed by atoms with Crippen molar-refractivity contribution in [3.63, 3.8) is 0 Å². The van der Waals surface area contributed by atoms with E-state index in [0.717, 1.165) is 32.5 Å². The van der Waals surface area contributed by atoms with E-state index in [0.29, 0.717) is 11.5 Å². The molecule has 0 amide bonds. The number of imidazole rings is 1. The smallest absolute Gasteiger partial charge is 0.161 e. The van der Waals surface area contributed by atoms with Gasteiger partial charge in [0.2, 0.25) is 0 Å². The second kappa shape index (κ2) is 5.41. The number of aryl methyl sites for hydroxylation is 1. The van der Waals surface area contributed by atoms with Crippen molar-refractivity contribution in [3.8, 4) is 22.9 Å². The molecule has 3 rings (SSSR count). The fourth-order valence-electron chi connectivity index (χ4n) is 2.37. The Morgan fingerprint density at radius 2 is 1.81 bits per heavy atom. The van der Waals surface area contributed by atoms with Gasteiger partial charge in [0, 0.05) is 10.0 Å². The molecular formula is C16H15BrN2O2. The van der Waals surface area contributed by atoms with Gasteiger partial charge in [0.25, 0.3) is 0 Å². The van der Waals surface area contributed by atoms with E-state index in [2.05, 4.69) is 32.0 Å². The zero-order chi connectivity index (χ0) is 15.0. The van der Waals surface area contributed by atoms with E-state index in [1.54, 1.807) is 14.2 Å². The molecular weight excluding hydrogens is 332 g/mol. The minimum atomic E-state index is 0.688. The van der Waals surface area contributed by atoms with Crippen LogP contribution in [-0.4, -0.2) is 24.2 Å². The van der Waals surface area contributed by atoms with Gasteiger partial charge in [-0.1, -0.05) is 15.9 Å². The quantitative estimate of drug-likeness (QED) is 0.768. The third kappa shape index (κ3) is 2.49. The topological polar surface area (TPSA) is 47.1 Å². The standard InChI is InChI=1S/C16H15BrN2O2/c1-9-6-11(17)8-12-15(9)19-16(18-12)10-4-5-13(20-2)14(7-10)21-3/h4-8H,1-3H3,(H,18,19). The van der Waals surface area contributed by atoms with Gasteiger partial charge in [-0.05, 0) is 42.8 Å². The predicted molar refractivity (Wildman–Crippen MR) is 87.1 cm³/mol. The molecule has 0 spiro atoms. The maximum atomic E-state index is 5.34. The number of aromatic nitrogens is 2. The lowest BCUT2D eigenvalue weighted by atomic mass is 10.2. The number of aromatic amines is 1. The monoisotopic (exact) mass is 346 g/mol. The molecule has 0 fully saturated rings. The molecule has 1 N–H and O–H groups in total. The van der Waals surface area contributed by atoms with Crippen molar-refractivity contribution < 1.29 is 9.47 Å². The molecule has 3 aromatic rings. The van der Waals surface area contributed by atoms with Crippen molar-refractivity contribution in [1.29, 1.82) is 0 Å².